The average Bonchev–Trinajstić information content (AvgIpc) is 2.68. The van der Waals surface area contributed by atoms with Crippen LogP contribution >= 0.6 is 11.6 Å². The highest BCUT2D eigenvalue weighted by Gasteiger charge is 2.55. The third-order valence-corrected chi connectivity index (χ3v) is 5.43. The first-order valence-corrected chi connectivity index (χ1v) is 7.71. The van der Waals surface area contributed by atoms with Crippen LogP contribution in [-0.2, 0) is 0 Å². The zero-order valence-electron chi connectivity index (χ0n) is 11.1. The van der Waals surface area contributed by atoms with Gasteiger partial charge in [-0.05, 0) is 37.1 Å². The Bertz CT molecular complexity index is 423. The van der Waals surface area contributed by atoms with Crippen molar-refractivity contribution in [3.8, 4) is 5.75 Å². The van der Waals surface area contributed by atoms with E-state index in [0.29, 0.717) is 0 Å². The highest BCUT2D eigenvalue weighted by molar-refractivity contribution is 6.21. The lowest BCUT2D eigenvalue weighted by atomic mass is 9.61. The van der Waals surface area contributed by atoms with Gasteiger partial charge in [0.2, 0.25) is 0 Å². The number of hydrogen-bond donors (Lipinski definition) is 0. The molecule has 0 N–H and O–H groups in total. The third-order valence-electron chi connectivity index (χ3n) is 4.81. The van der Waals surface area contributed by atoms with Gasteiger partial charge in [0.25, 0.3) is 0 Å². The van der Waals surface area contributed by atoms with Crippen molar-refractivity contribution in [2.45, 2.75) is 56.4 Å². The minimum atomic E-state index is -0.222. The van der Waals surface area contributed by atoms with Crippen LogP contribution in [0.3, 0.4) is 0 Å². The number of ether oxygens (including phenoxy) is 1. The van der Waals surface area contributed by atoms with E-state index in [4.69, 9.17) is 16.3 Å². The summed E-state index contributed by atoms with van der Waals surface area (Å²) in [5.74, 6) is 0.541. The molecule has 0 amide bonds. The average molecular weight is 283 g/mol. The molecule has 0 aliphatic heterocycles. The summed E-state index contributed by atoms with van der Waals surface area (Å²) >= 11 is 6.50. The molecule has 1 spiro atoms. The Morgan fingerprint density at radius 3 is 2.26 bits per heavy atom. The Morgan fingerprint density at radius 1 is 1.05 bits per heavy atom. The van der Waals surface area contributed by atoms with Crippen LogP contribution in [0.5, 0.6) is 5.75 Å². The molecule has 1 aromatic rings. The van der Waals surface area contributed by atoms with Gasteiger partial charge in [-0.1, -0.05) is 25.7 Å². The Hall–Kier alpha value is -0.760. The van der Waals surface area contributed by atoms with Crippen LogP contribution in [0.1, 0.15) is 44.9 Å². The van der Waals surface area contributed by atoms with E-state index in [2.05, 4.69) is 0 Å². The predicted molar refractivity (Wildman–Crippen MR) is 75.2 cm³/mol. The lowest BCUT2D eigenvalue weighted by Gasteiger charge is -2.53. The maximum atomic E-state index is 12.9. The molecule has 2 fully saturated rings. The summed E-state index contributed by atoms with van der Waals surface area (Å²) in [7, 11) is 0. The van der Waals surface area contributed by atoms with Gasteiger partial charge < -0.3 is 4.74 Å². The van der Waals surface area contributed by atoms with Crippen LogP contribution in [0.2, 0.25) is 0 Å². The smallest absolute Gasteiger partial charge is 0.123 e. The largest absolute Gasteiger partial charge is 0.490 e. The molecule has 104 valence electrons. The van der Waals surface area contributed by atoms with Crippen molar-refractivity contribution < 1.29 is 9.13 Å². The minimum Gasteiger partial charge on any atom is -0.490 e. The summed E-state index contributed by atoms with van der Waals surface area (Å²) < 4.78 is 19.0. The zero-order valence-corrected chi connectivity index (χ0v) is 11.8. The van der Waals surface area contributed by atoms with Crippen LogP contribution in [-0.4, -0.2) is 11.5 Å². The van der Waals surface area contributed by atoms with Gasteiger partial charge in [-0.3, -0.25) is 0 Å². The SMILES string of the molecule is Fc1ccc(OC2CC(Cl)C23CCCCCC3)cc1. The van der Waals surface area contributed by atoms with E-state index in [1.165, 1.54) is 50.7 Å². The maximum Gasteiger partial charge on any atom is 0.123 e. The quantitative estimate of drug-likeness (QED) is 0.699. The summed E-state index contributed by atoms with van der Waals surface area (Å²) in [5.41, 5.74) is 0.159. The number of benzene rings is 1. The van der Waals surface area contributed by atoms with Crippen molar-refractivity contribution >= 4 is 11.6 Å². The second-order valence-corrected chi connectivity index (χ2v) is 6.44. The zero-order chi connectivity index (χ0) is 13.3. The molecule has 0 heterocycles. The van der Waals surface area contributed by atoms with Crippen LogP contribution in [0.15, 0.2) is 24.3 Å². The maximum absolute atomic E-state index is 12.9. The van der Waals surface area contributed by atoms with Gasteiger partial charge in [-0.2, -0.15) is 0 Å². The minimum absolute atomic E-state index is 0.159. The summed E-state index contributed by atoms with van der Waals surface area (Å²) in [6.07, 6.45) is 8.61. The topological polar surface area (TPSA) is 9.23 Å². The van der Waals surface area contributed by atoms with Crippen molar-refractivity contribution in [1.29, 1.82) is 0 Å². The van der Waals surface area contributed by atoms with Crippen LogP contribution in [0.4, 0.5) is 4.39 Å². The fourth-order valence-corrected chi connectivity index (χ4v) is 4.08. The van der Waals surface area contributed by atoms with Crippen LogP contribution in [0.25, 0.3) is 0 Å². The number of alkyl halides is 1. The fraction of sp³-hybridized carbons (Fsp3) is 0.625. The molecule has 0 saturated heterocycles. The van der Waals surface area contributed by atoms with E-state index in [1.54, 1.807) is 12.1 Å². The van der Waals surface area contributed by atoms with Gasteiger partial charge in [0, 0.05) is 17.2 Å². The first kappa shape index (κ1) is 13.2. The first-order chi connectivity index (χ1) is 9.21. The first-order valence-electron chi connectivity index (χ1n) is 7.27. The van der Waals surface area contributed by atoms with E-state index < -0.39 is 0 Å². The molecule has 1 aromatic carbocycles. The summed E-state index contributed by atoms with van der Waals surface area (Å²) in [6, 6.07) is 6.32. The Labute approximate surface area is 119 Å². The molecule has 2 saturated carbocycles. The standard InChI is InChI=1S/C16H20ClFO/c17-14-11-15(16(14)9-3-1-2-4-10-16)19-13-7-5-12(18)6-8-13/h5-8,14-15H,1-4,9-11H2. The molecule has 0 radical (unpaired) electrons. The second kappa shape index (κ2) is 5.32. The molecule has 2 aliphatic carbocycles. The monoisotopic (exact) mass is 282 g/mol. The fourth-order valence-electron chi connectivity index (χ4n) is 3.56. The number of hydrogen-bond acceptors (Lipinski definition) is 1. The highest BCUT2D eigenvalue weighted by atomic mass is 35.5. The van der Waals surface area contributed by atoms with Gasteiger partial charge >= 0.3 is 0 Å². The molecular weight excluding hydrogens is 263 g/mol. The Morgan fingerprint density at radius 2 is 1.68 bits per heavy atom. The predicted octanol–water partition coefficient (Wildman–Crippen LogP) is 4.92. The molecule has 2 atom stereocenters. The van der Waals surface area contributed by atoms with Crippen molar-refractivity contribution in [2.75, 3.05) is 0 Å². The van der Waals surface area contributed by atoms with Gasteiger partial charge in [0.15, 0.2) is 0 Å². The van der Waals surface area contributed by atoms with Crippen molar-refractivity contribution in [2.24, 2.45) is 5.41 Å². The molecule has 3 heteroatoms. The molecule has 1 nitrogen and oxygen atoms in total. The molecule has 2 aliphatic rings. The lowest BCUT2D eigenvalue weighted by Crippen LogP contribution is -2.57. The van der Waals surface area contributed by atoms with E-state index in [-0.39, 0.29) is 22.7 Å². The van der Waals surface area contributed by atoms with E-state index in [1.807, 2.05) is 0 Å². The van der Waals surface area contributed by atoms with Gasteiger partial charge in [-0.25, -0.2) is 4.39 Å². The summed E-state index contributed by atoms with van der Waals surface area (Å²) in [6.45, 7) is 0. The second-order valence-electron chi connectivity index (χ2n) is 5.91. The normalized spacial score (nSPS) is 29.6. The Kier molecular flexibility index (Phi) is 3.70. The number of halogens is 2. The molecule has 2 unspecified atom stereocenters. The van der Waals surface area contributed by atoms with Crippen LogP contribution < -0.4 is 4.74 Å². The third kappa shape index (κ3) is 2.47. The van der Waals surface area contributed by atoms with Gasteiger partial charge in [0.1, 0.15) is 17.7 Å². The summed E-state index contributed by atoms with van der Waals surface area (Å²) in [4.78, 5) is 0. The van der Waals surface area contributed by atoms with Gasteiger partial charge in [0.05, 0.1) is 0 Å². The highest BCUT2D eigenvalue weighted by Crippen LogP contribution is 2.54. The van der Waals surface area contributed by atoms with E-state index >= 15 is 0 Å². The Balaban J connectivity index is 1.72. The summed E-state index contributed by atoms with van der Waals surface area (Å²) in [5, 5.41) is 0.246. The molecule has 3 rings (SSSR count). The molecule has 0 bridgehead atoms. The van der Waals surface area contributed by atoms with Crippen molar-refractivity contribution in [3.63, 3.8) is 0 Å². The van der Waals surface area contributed by atoms with Gasteiger partial charge in [-0.15, -0.1) is 11.6 Å². The number of rotatable bonds is 2. The van der Waals surface area contributed by atoms with Crippen molar-refractivity contribution in [1.82, 2.24) is 0 Å². The molecule has 19 heavy (non-hydrogen) atoms. The molecular formula is C16H20ClFO. The van der Waals surface area contributed by atoms with Crippen molar-refractivity contribution in [3.05, 3.63) is 30.1 Å². The van der Waals surface area contributed by atoms with E-state index in [0.717, 1.165) is 12.2 Å². The van der Waals surface area contributed by atoms with E-state index in [9.17, 15) is 4.39 Å². The molecule has 0 aromatic heterocycles. The van der Waals surface area contributed by atoms with Crippen LogP contribution in [0, 0.1) is 11.2 Å². The lowest BCUT2D eigenvalue weighted by molar-refractivity contribution is -0.0512.